The van der Waals surface area contributed by atoms with Crippen LogP contribution in [-0.4, -0.2) is 4.98 Å². The summed E-state index contributed by atoms with van der Waals surface area (Å²) >= 11 is 0. The number of para-hydroxylation sites is 1. The van der Waals surface area contributed by atoms with Gasteiger partial charge >= 0.3 is 0 Å². The van der Waals surface area contributed by atoms with Crippen LogP contribution in [0.1, 0.15) is 16.7 Å². The molecule has 0 saturated heterocycles. The molecular formula is C18H18N2. The highest BCUT2D eigenvalue weighted by atomic mass is 14.9. The molecule has 1 heterocycles. The number of aryl methyl sites for hydroxylation is 3. The molecule has 3 rings (SSSR count). The number of anilines is 2. The lowest BCUT2D eigenvalue weighted by Gasteiger charge is -2.13. The Balaban J connectivity index is 2.13. The van der Waals surface area contributed by atoms with Gasteiger partial charge in [0.25, 0.3) is 0 Å². The molecule has 0 unspecified atom stereocenters. The quantitative estimate of drug-likeness (QED) is 0.710. The van der Waals surface area contributed by atoms with Crippen LogP contribution >= 0.6 is 0 Å². The highest BCUT2D eigenvalue weighted by molar-refractivity contribution is 5.95. The number of aromatic nitrogens is 1. The Morgan fingerprint density at radius 3 is 2.40 bits per heavy atom. The maximum Gasteiger partial charge on any atom is 0.0754 e. The van der Waals surface area contributed by atoms with Crippen molar-refractivity contribution in [1.82, 2.24) is 4.98 Å². The summed E-state index contributed by atoms with van der Waals surface area (Å²) in [6.07, 6.45) is 1.87. The molecule has 1 aromatic heterocycles. The third-order valence-corrected chi connectivity index (χ3v) is 3.85. The minimum Gasteiger partial charge on any atom is -0.355 e. The molecule has 2 nitrogen and oxygen atoms in total. The molecule has 100 valence electrons. The summed E-state index contributed by atoms with van der Waals surface area (Å²) in [4.78, 5) is 4.53. The van der Waals surface area contributed by atoms with Crippen LogP contribution in [0.3, 0.4) is 0 Å². The topological polar surface area (TPSA) is 24.9 Å². The van der Waals surface area contributed by atoms with Gasteiger partial charge in [0, 0.05) is 23.0 Å². The predicted octanol–water partition coefficient (Wildman–Crippen LogP) is 4.90. The highest BCUT2D eigenvalue weighted by Crippen LogP contribution is 2.29. The van der Waals surface area contributed by atoms with Crippen molar-refractivity contribution in [2.45, 2.75) is 20.8 Å². The van der Waals surface area contributed by atoms with Gasteiger partial charge in [-0.2, -0.15) is 0 Å². The Hall–Kier alpha value is -2.35. The number of benzene rings is 2. The molecule has 0 bridgehead atoms. The van der Waals surface area contributed by atoms with Crippen LogP contribution < -0.4 is 5.32 Å². The summed E-state index contributed by atoms with van der Waals surface area (Å²) in [5.74, 6) is 0. The lowest BCUT2D eigenvalue weighted by atomic mass is 10.0. The number of hydrogen-bond donors (Lipinski definition) is 1. The first kappa shape index (κ1) is 12.7. The maximum absolute atomic E-state index is 4.53. The Labute approximate surface area is 119 Å². The molecule has 0 amide bonds. The average molecular weight is 262 g/mol. The van der Waals surface area contributed by atoms with Gasteiger partial charge in [-0.15, -0.1) is 0 Å². The third kappa shape index (κ3) is 2.14. The Kier molecular flexibility index (Phi) is 3.15. The van der Waals surface area contributed by atoms with Gasteiger partial charge in [0.15, 0.2) is 0 Å². The van der Waals surface area contributed by atoms with Gasteiger partial charge in [-0.25, -0.2) is 0 Å². The predicted molar refractivity (Wildman–Crippen MR) is 85.7 cm³/mol. The lowest BCUT2D eigenvalue weighted by molar-refractivity contribution is 1.31. The van der Waals surface area contributed by atoms with Crippen LogP contribution in [-0.2, 0) is 0 Å². The minimum atomic E-state index is 1.07. The number of pyridine rings is 1. The van der Waals surface area contributed by atoms with E-state index in [2.05, 4.69) is 61.4 Å². The first-order chi connectivity index (χ1) is 9.66. The van der Waals surface area contributed by atoms with E-state index in [1.807, 2.05) is 18.3 Å². The van der Waals surface area contributed by atoms with Gasteiger partial charge in [0.1, 0.15) is 0 Å². The monoisotopic (exact) mass is 262 g/mol. The molecule has 0 aliphatic rings. The summed E-state index contributed by atoms with van der Waals surface area (Å²) in [5.41, 5.74) is 7.07. The van der Waals surface area contributed by atoms with E-state index >= 15 is 0 Å². The van der Waals surface area contributed by atoms with Crippen molar-refractivity contribution in [3.05, 3.63) is 65.4 Å². The van der Waals surface area contributed by atoms with Crippen molar-refractivity contribution in [2.75, 3.05) is 5.32 Å². The van der Waals surface area contributed by atoms with Crippen LogP contribution in [0.25, 0.3) is 10.9 Å². The molecule has 0 spiro atoms. The molecule has 1 N–H and O–H groups in total. The molecule has 0 aliphatic heterocycles. The normalized spacial score (nSPS) is 10.8. The van der Waals surface area contributed by atoms with Gasteiger partial charge < -0.3 is 5.32 Å². The fourth-order valence-corrected chi connectivity index (χ4v) is 2.43. The van der Waals surface area contributed by atoms with Gasteiger partial charge in [-0.05, 0) is 49.6 Å². The molecule has 0 atom stereocenters. The number of rotatable bonds is 2. The van der Waals surface area contributed by atoms with Crippen molar-refractivity contribution in [1.29, 1.82) is 0 Å². The number of nitrogens with one attached hydrogen (secondary N) is 1. The first-order valence-corrected chi connectivity index (χ1v) is 6.84. The zero-order valence-corrected chi connectivity index (χ0v) is 12.1. The van der Waals surface area contributed by atoms with Crippen molar-refractivity contribution < 1.29 is 0 Å². The average Bonchev–Trinajstić information content (AvgIpc) is 2.46. The number of nitrogens with zero attached hydrogens (tertiary/aromatic N) is 1. The maximum atomic E-state index is 4.53. The van der Waals surface area contributed by atoms with E-state index in [0.717, 1.165) is 16.9 Å². The Morgan fingerprint density at radius 2 is 1.60 bits per heavy atom. The molecular weight excluding hydrogens is 244 g/mol. The standard InChI is InChI=1S/C18H18N2/c1-12-8-9-15-17(10-11-19-18(15)14(12)3)20-16-7-5-4-6-13(16)2/h4-11H,1-3H3,(H,19,20). The van der Waals surface area contributed by atoms with Gasteiger partial charge in [0.2, 0.25) is 0 Å². The zero-order valence-electron chi connectivity index (χ0n) is 12.1. The Bertz CT molecular complexity index is 775. The van der Waals surface area contributed by atoms with E-state index in [1.54, 1.807) is 0 Å². The summed E-state index contributed by atoms with van der Waals surface area (Å²) in [7, 11) is 0. The van der Waals surface area contributed by atoms with E-state index in [1.165, 1.54) is 22.1 Å². The number of fused-ring (bicyclic) bond motifs is 1. The molecule has 3 aromatic rings. The molecule has 0 radical (unpaired) electrons. The van der Waals surface area contributed by atoms with Crippen LogP contribution in [0.4, 0.5) is 11.4 Å². The summed E-state index contributed by atoms with van der Waals surface area (Å²) in [6, 6.07) is 14.6. The van der Waals surface area contributed by atoms with E-state index in [9.17, 15) is 0 Å². The second-order valence-corrected chi connectivity index (χ2v) is 5.20. The van der Waals surface area contributed by atoms with Crippen molar-refractivity contribution >= 4 is 22.3 Å². The van der Waals surface area contributed by atoms with Gasteiger partial charge in [0.05, 0.1) is 5.52 Å². The third-order valence-electron chi connectivity index (χ3n) is 3.85. The van der Waals surface area contributed by atoms with E-state index in [-0.39, 0.29) is 0 Å². The highest BCUT2D eigenvalue weighted by Gasteiger charge is 2.07. The van der Waals surface area contributed by atoms with Crippen LogP contribution in [0.2, 0.25) is 0 Å². The molecule has 0 aliphatic carbocycles. The fourth-order valence-electron chi connectivity index (χ4n) is 2.43. The minimum absolute atomic E-state index is 1.07. The zero-order chi connectivity index (χ0) is 14.1. The smallest absolute Gasteiger partial charge is 0.0754 e. The second kappa shape index (κ2) is 4.97. The molecule has 2 aromatic carbocycles. The van der Waals surface area contributed by atoms with Crippen LogP contribution in [0.15, 0.2) is 48.7 Å². The lowest BCUT2D eigenvalue weighted by Crippen LogP contribution is -1.96. The number of hydrogen-bond acceptors (Lipinski definition) is 2. The van der Waals surface area contributed by atoms with E-state index < -0.39 is 0 Å². The van der Waals surface area contributed by atoms with E-state index in [0.29, 0.717) is 0 Å². The Morgan fingerprint density at radius 1 is 0.800 bits per heavy atom. The van der Waals surface area contributed by atoms with Crippen molar-refractivity contribution in [3.8, 4) is 0 Å². The summed E-state index contributed by atoms with van der Waals surface area (Å²) in [5, 5.41) is 4.69. The largest absolute Gasteiger partial charge is 0.355 e. The van der Waals surface area contributed by atoms with Crippen LogP contribution in [0, 0.1) is 20.8 Å². The van der Waals surface area contributed by atoms with Crippen molar-refractivity contribution in [2.24, 2.45) is 0 Å². The van der Waals surface area contributed by atoms with E-state index in [4.69, 9.17) is 0 Å². The van der Waals surface area contributed by atoms with Gasteiger partial charge in [-0.1, -0.05) is 30.3 Å². The van der Waals surface area contributed by atoms with Crippen LogP contribution in [0.5, 0.6) is 0 Å². The molecule has 0 saturated carbocycles. The van der Waals surface area contributed by atoms with Gasteiger partial charge in [-0.3, -0.25) is 4.98 Å². The second-order valence-electron chi connectivity index (χ2n) is 5.20. The summed E-state index contributed by atoms with van der Waals surface area (Å²) in [6.45, 7) is 6.36. The molecule has 20 heavy (non-hydrogen) atoms. The summed E-state index contributed by atoms with van der Waals surface area (Å²) < 4.78 is 0. The first-order valence-electron chi connectivity index (χ1n) is 6.84. The molecule has 0 fully saturated rings. The molecule has 2 heteroatoms. The fraction of sp³-hybridized carbons (Fsp3) is 0.167. The SMILES string of the molecule is Cc1ccccc1Nc1ccnc2c(C)c(C)ccc12. The van der Waals surface area contributed by atoms with Crippen molar-refractivity contribution in [3.63, 3.8) is 0 Å².